The minimum Gasteiger partial charge on any atom is -0.497 e. The first-order valence-corrected chi connectivity index (χ1v) is 13.2. The molecule has 8 nitrogen and oxygen atoms in total. The topological polar surface area (TPSA) is 104 Å². The van der Waals surface area contributed by atoms with Crippen molar-refractivity contribution in [2.24, 2.45) is 0 Å². The maximum atomic E-state index is 11.9. The summed E-state index contributed by atoms with van der Waals surface area (Å²) >= 11 is 16.5. The first-order chi connectivity index (χ1) is 18.2. The number of ether oxygens (including phenoxy) is 3. The van der Waals surface area contributed by atoms with Gasteiger partial charge in [-0.1, -0.05) is 35.3 Å². The van der Waals surface area contributed by atoms with Crippen LogP contribution in [0.15, 0.2) is 73.6 Å². The van der Waals surface area contributed by atoms with Gasteiger partial charge in [0.05, 0.1) is 18.7 Å². The van der Waals surface area contributed by atoms with Crippen molar-refractivity contribution in [2.45, 2.75) is 11.8 Å². The Balaban J connectivity index is 1.50. The molecule has 0 bridgehead atoms. The Morgan fingerprint density at radius 2 is 1.79 bits per heavy atom. The molecule has 1 heterocycles. The second kappa shape index (κ2) is 12.6. The molecule has 38 heavy (non-hydrogen) atoms. The normalized spacial score (nSPS) is 11.3. The molecule has 0 spiro atoms. The molecule has 0 fully saturated rings. The number of benzene rings is 3. The number of carboxylic acid groups (broad SMARTS) is 1. The number of hydrogen-bond donors (Lipinski definition) is 1. The summed E-state index contributed by atoms with van der Waals surface area (Å²) in [6.45, 7) is 0.235. The first kappa shape index (κ1) is 27.8. The van der Waals surface area contributed by atoms with Gasteiger partial charge < -0.3 is 23.7 Å². The smallest absolute Gasteiger partial charge is 0.342 e. The zero-order valence-corrected chi connectivity index (χ0v) is 23.8. The number of thioether (sulfide) groups is 1. The minimum absolute atomic E-state index is 0.0167. The van der Waals surface area contributed by atoms with E-state index in [1.54, 1.807) is 54.6 Å². The molecule has 0 amide bonds. The minimum atomic E-state index is -1.15. The van der Waals surface area contributed by atoms with Gasteiger partial charge in [-0.2, -0.15) is 0 Å². The van der Waals surface area contributed by atoms with Gasteiger partial charge in [-0.25, -0.2) is 4.79 Å². The van der Waals surface area contributed by atoms with E-state index in [0.717, 1.165) is 17.3 Å². The van der Waals surface area contributed by atoms with Crippen LogP contribution in [0.4, 0.5) is 0 Å². The molecule has 0 aliphatic heterocycles. The van der Waals surface area contributed by atoms with Crippen LogP contribution in [0.25, 0.3) is 17.5 Å². The fourth-order valence-corrected chi connectivity index (χ4v) is 4.84. The number of carboxylic acids is 1. The van der Waals surface area contributed by atoms with Gasteiger partial charge in [0.2, 0.25) is 5.89 Å². The van der Waals surface area contributed by atoms with Crippen LogP contribution in [0, 0.1) is 0 Å². The number of aliphatic carboxylic acids is 1. The van der Waals surface area contributed by atoms with Crippen molar-refractivity contribution in [3.05, 3.63) is 85.1 Å². The Kier molecular flexibility index (Phi) is 9.22. The lowest BCUT2D eigenvalue weighted by Gasteiger charge is -2.10. The van der Waals surface area contributed by atoms with Crippen molar-refractivity contribution in [3.8, 4) is 28.7 Å². The molecular formula is C26H19BrCl2N2O6S. The molecule has 4 aromatic rings. The summed E-state index contributed by atoms with van der Waals surface area (Å²) in [6, 6.07) is 15.5. The third-order valence-corrected chi connectivity index (χ3v) is 7.12. The molecule has 0 unspecified atom stereocenters. The fourth-order valence-electron chi connectivity index (χ4n) is 3.20. The maximum absolute atomic E-state index is 11.9. The SMILES string of the molecule is COc1cc(OC)cc(-c2nnc(S/C(=C\c3ccc(OCc4ccc(Cl)cc4Cl)c(Br)c3)C(=O)O)o2)c1. The molecule has 3 aromatic carbocycles. The Morgan fingerprint density at radius 1 is 1.05 bits per heavy atom. The third kappa shape index (κ3) is 7.02. The van der Waals surface area contributed by atoms with Crippen LogP contribution in [0.1, 0.15) is 11.1 Å². The third-order valence-electron chi connectivity index (χ3n) is 5.06. The summed E-state index contributed by atoms with van der Waals surface area (Å²) in [4.78, 5) is 11.9. The van der Waals surface area contributed by atoms with Crippen LogP contribution in [0.5, 0.6) is 17.2 Å². The monoisotopic (exact) mass is 636 g/mol. The summed E-state index contributed by atoms with van der Waals surface area (Å²) in [5.41, 5.74) is 1.97. The van der Waals surface area contributed by atoms with Crippen molar-refractivity contribution in [3.63, 3.8) is 0 Å². The van der Waals surface area contributed by atoms with Crippen molar-refractivity contribution >= 4 is 62.9 Å². The Hall–Kier alpha value is -3.18. The molecule has 0 saturated heterocycles. The van der Waals surface area contributed by atoms with Gasteiger partial charge in [-0.05, 0) is 75.7 Å². The number of hydrogen-bond acceptors (Lipinski definition) is 8. The quantitative estimate of drug-likeness (QED) is 0.139. The van der Waals surface area contributed by atoms with Crippen molar-refractivity contribution in [2.75, 3.05) is 14.2 Å². The number of aromatic nitrogens is 2. The van der Waals surface area contributed by atoms with Crippen LogP contribution in [0.3, 0.4) is 0 Å². The largest absolute Gasteiger partial charge is 0.497 e. The van der Waals surface area contributed by atoms with Crippen LogP contribution >= 0.6 is 50.9 Å². The molecule has 4 rings (SSSR count). The van der Waals surface area contributed by atoms with Gasteiger partial charge in [0.15, 0.2) is 0 Å². The molecule has 1 aromatic heterocycles. The van der Waals surface area contributed by atoms with Gasteiger partial charge >= 0.3 is 5.97 Å². The predicted octanol–water partition coefficient (Wildman–Crippen LogP) is 7.62. The van der Waals surface area contributed by atoms with E-state index in [9.17, 15) is 9.90 Å². The van der Waals surface area contributed by atoms with Gasteiger partial charge in [-0.15, -0.1) is 10.2 Å². The van der Waals surface area contributed by atoms with E-state index in [1.165, 1.54) is 20.3 Å². The second-order valence-electron chi connectivity index (χ2n) is 7.60. The van der Waals surface area contributed by atoms with Gasteiger partial charge in [0.25, 0.3) is 5.22 Å². The lowest BCUT2D eigenvalue weighted by atomic mass is 10.2. The average molecular weight is 638 g/mol. The summed E-state index contributed by atoms with van der Waals surface area (Å²) in [6.07, 6.45) is 1.50. The van der Waals surface area contributed by atoms with Crippen molar-refractivity contribution in [1.29, 1.82) is 0 Å². The number of nitrogens with zero attached hydrogens (tertiary/aromatic N) is 2. The van der Waals surface area contributed by atoms with Gasteiger partial charge in [0.1, 0.15) is 28.8 Å². The van der Waals surface area contributed by atoms with Crippen LogP contribution < -0.4 is 14.2 Å². The van der Waals surface area contributed by atoms with E-state index in [0.29, 0.717) is 42.9 Å². The van der Waals surface area contributed by atoms with Gasteiger partial charge in [-0.3, -0.25) is 0 Å². The molecule has 0 saturated carbocycles. The summed E-state index contributed by atoms with van der Waals surface area (Å²) in [7, 11) is 3.06. The van der Waals surface area contributed by atoms with E-state index in [2.05, 4.69) is 26.1 Å². The molecule has 0 radical (unpaired) electrons. The Bertz CT molecular complexity index is 1490. The van der Waals surface area contributed by atoms with Crippen LogP contribution in [-0.4, -0.2) is 35.5 Å². The Labute approximate surface area is 240 Å². The molecule has 0 aliphatic rings. The first-order valence-electron chi connectivity index (χ1n) is 10.8. The summed E-state index contributed by atoms with van der Waals surface area (Å²) in [5.74, 6) is 0.707. The van der Waals surface area contributed by atoms with Crippen molar-refractivity contribution in [1.82, 2.24) is 10.2 Å². The van der Waals surface area contributed by atoms with E-state index in [-0.39, 0.29) is 22.6 Å². The maximum Gasteiger partial charge on any atom is 0.342 e. The van der Waals surface area contributed by atoms with E-state index >= 15 is 0 Å². The van der Waals surface area contributed by atoms with E-state index in [1.807, 2.05) is 0 Å². The van der Waals surface area contributed by atoms with Crippen LogP contribution in [0.2, 0.25) is 10.0 Å². The number of methoxy groups -OCH3 is 2. The fraction of sp³-hybridized carbons (Fsp3) is 0.115. The molecule has 0 atom stereocenters. The Morgan fingerprint density at radius 3 is 2.42 bits per heavy atom. The molecule has 12 heteroatoms. The second-order valence-corrected chi connectivity index (χ2v) is 10.3. The number of rotatable bonds is 10. The number of carbonyl (C=O) groups is 1. The summed E-state index contributed by atoms with van der Waals surface area (Å²) in [5, 5.41) is 18.9. The molecule has 196 valence electrons. The molecular weight excluding hydrogens is 619 g/mol. The highest BCUT2D eigenvalue weighted by molar-refractivity contribution is 9.10. The summed E-state index contributed by atoms with van der Waals surface area (Å²) < 4.78 is 22.7. The molecule has 1 N–H and O–H groups in total. The van der Waals surface area contributed by atoms with Gasteiger partial charge in [0, 0.05) is 27.2 Å². The van der Waals surface area contributed by atoms with E-state index < -0.39 is 5.97 Å². The lowest BCUT2D eigenvalue weighted by Crippen LogP contribution is -1.98. The average Bonchev–Trinajstić information content (AvgIpc) is 3.37. The van der Waals surface area contributed by atoms with E-state index in [4.69, 9.17) is 41.8 Å². The highest BCUT2D eigenvalue weighted by Crippen LogP contribution is 2.34. The standard InChI is InChI=1S/C26H19BrCl2N2O6S/c1-34-18-9-16(10-19(12-18)35-2)24-30-31-26(37-24)38-23(25(32)33)8-14-3-6-22(20(27)7-14)36-13-15-4-5-17(28)11-21(15)29/h3-12H,13H2,1-2H3,(H,32,33)/b23-8-. The molecule has 0 aliphatic carbocycles. The number of halogens is 3. The predicted molar refractivity (Wildman–Crippen MR) is 149 cm³/mol. The lowest BCUT2D eigenvalue weighted by molar-refractivity contribution is -0.131. The zero-order valence-electron chi connectivity index (χ0n) is 19.9. The van der Waals surface area contributed by atoms with Crippen LogP contribution in [-0.2, 0) is 11.4 Å². The zero-order chi connectivity index (χ0) is 27.2. The highest BCUT2D eigenvalue weighted by Gasteiger charge is 2.17. The highest BCUT2D eigenvalue weighted by atomic mass is 79.9. The van der Waals surface area contributed by atoms with Crippen molar-refractivity contribution < 1.29 is 28.5 Å².